The second-order valence-corrected chi connectivity index (χ2v) is 6.05. The summed E-state index contributed by atoms with van der Waals surface area (Å²) in [4.78, 5) is 23.5. The lowest BCUT2D eigenvalue weighted by atomic mass is 9.89. The van der Waals surface area contributed by atoms with Crippen molar-refractivity contribution in [1.82, 2.24) is 9.97 Å². The van der Waals surface area contributed by atoms with Gasteiger partial charge in [-0.05, 0) is 51.0 Å². The van der Waals surface area contributed by atoms with Gasteiger partial charge in [0.1, 0.15) is 17.5 Å². The first kappa shape index (κ1) is 15.6. The number of anilines is 1. The smallest absolute Gasteiger partial charge is 0.166 e. The molecular formula is C18H20FN3O. The molecule has 1 aliphatic rings. The Morgan fingerprint density at radius 2 is 1.78 bits per heavy atom. The zero-order valence-electron chi connectivity index (χ0n) is 13.4. The molecule has 0 bridgehead atoms. The van der Waals surface area contributed by atoms with Gasteiger partial charge in [-0.25, -0.2) is 14.4 Å². The summed E-state index contributed by atoms with van der Waals surface area (Å²) in [6.07, 6.45) is 1.58. The van der Waals surface area contributed by atoms with Crippen LogP contribution >= 0.6 is 0 Å². The van der Waals surface area contributed by atoms with Crippen LogP contribution in [0.3, 0.4) is 0 Å². The van der Waals surface area contributed by atoms with Crippen LogP contribution in [-0.2, 0) is 0 Å². The summed E-state index contributed by atoms with van der Waals surface area (Å²) in [7, 11) is 0. The van der Waals surface area contributed by atoms with Gasteiger partial charge < -0.3 is 4.90 Å². The lowest BCUT2D eigenvalue weighted by Crippen LogP contribution is -2.37. The van der Waals surface area contributed by atoms with E-state index in [2.05, 4.69) is 14.9 Å². The minimum absolute atomic E-state index is 0.000687. The van der Waals surface area contributed by atoms with Gasteiger partial charge in [-0.2, -0.15) is 0 Å². The fourth-order valence-corrected chi connectivity index (χ4v) is 3.08. The topological polar surface area (TPSA) is 46.1 Å². The van der Waals surface area contributed by atoms with Gasteiger partial charge in [0.2, 0.25) is 0 Å². The summed E-state index contributed by atoms with van der Waals surface area (Å²) >= 11 is 0. The van der Waals surface area contributed by atoms with Crippen LogP contribution in [-0.4, -0.2) is 28.8 Å². The molecule has 1 aromatic heterocycles. The van der Waals surface area contributed by atoms with E-state index < -0.39 is 0 Å². The molecule has 120 valence electrons. The van der Waals surface area contributed by atoms with E-state index in [0.717, 1.165) is 43.3 Å². The normalized spacial score (nSPS) is 15.7. The molecule has 1 saturated heterocycles. The highest BCUT2D eigenvalue weighted by atomic mass is 19.1. The quantitative estimate of drug-likeness (QED) is 0.815. The van der Waals surface area contributed by atoms with Crippen LogP contribution in [0.4, 0.5) is 10.2 Å². The maximum atomic E-state index is 13.0. The summed E-state index contributed by atoms with van der Waals surface area (Å²) in [6.45, 7) is 5.45. The predicted octanol–water partition coefficient (Wildman–Crippen LogP) is 3.33. The van der Waals surface area contributed by atoms with E-state index in [1.165, 1.54) is 12.1 Å². The molecule has 5 heteroatoms. The zero-order valence-corrected chi connectivity index (χ0v) is 13.4. The first-order valence-corrected chi connectivity index (χ1v) is 7.90. The first-order valence-electron chi connectivity index (χ1n) is 7.90. The molecule has 4 nitrogen and oxygen atoms in total. The molecule has 1 aromatic carbocycles. The van der Waals surface area contributed by atoms with E-state index in [1.54, 1.807) is 12.1 Å². The van der Waals surface area contributed by atoms with Gasteiger partial charge in [-0.1, -0.05) is 0 Å². The molecule has 0 saturated carbocycles. The number of Topliss-reactive ketones (excluding diaryl/α,β-unsaturated/α-hetero) is 1. The standard InChI is InChI=1S/C18H20FN3O/c1-12-11-17(21-13(2)20-12)22-9-7-15(8-10-22)18(23)14-3-5-16(19)6-4-14/h3-6,11,15H,7-10H2,1-2H3. The van der Waals surface area contributed by atoms with Crippen LogP contribution in [0.15, 0.2) is 30.3 Å². The van der Waals surface area contributed by atoms with E-state index in [9.17, 15) is 9.18 Å². The molecule has 1 aliphatic heterocycles. The summed E-state index contributed by atoms with van der Waals surface area (Å²) in [5, 5.41) is 0. The van der Waals surface area contributed by atoms with Crippen molar-refractivity contribution >= 4 is 11.6 Å². The van der Waals surface area contributed by atoms with Gasteiger partial charge in [0.05, 0.1) is 0 Å². The fourth-order valence-electron chi connectivity index (χ4n) is 3.08. The first-order chi connectivity index (χ1) is 11.0. The van der Waals surface area contributed by atoms with Crippen LogP contribution in [0.5, 0.6) is 0 Å². The van der Waals surface area contributed by atoms with Gasteiger partial charge in [0.25, 0.3) is 0 Å². The maximum absolute atomic E-state index is 13.0. The Morgan fingerprint density at radius 1 is 1.13 bits per heavy atom. The third kappa shape index (κ3) is 3.55. The molecule has 2 heterocycles. The molecule has 0 N–H and O–H groups in total. The van der Waals surface area contributed by atoms with Crippen molar-refractivity contribution in [2.45, 2.75) is 26.7 Å². The van der Waals surface area contributed by atoms with Crippen molar-refractivity contribution in [2.75, 3.05) is 18.0 Å². The fraction of sp³-hybridized carbons (Fsp3) is 0.389. The van der Waals surface area contributed by atoms with E-state index >= 15 is 0 Å². The highest BCUT2D eigenvalue weighted by Gasteiger charge is 2.26. The third-order valence-corrected chi connectivity index (χ3v) is 4.27. The molecule has 0 amide bonds. The van der Waals surface area contributed by atoms with Gasteiger partial charge in [0, 0.05) is 36.3 Å². The number of benzene rings is 1. The van der Waals surface area contributed by atoms with Gasteiger partial charge in [0.15, 0.2) is 5.78 Å². The maximum Gasteiger partial charge on any atom is 0.166 e. The minimum Gasteiger partial charge on any atom is -0.356 e. The highest BCUT2D eigenvalue weighted by molar-refractivity contribution is 5.97. The van der Waals surface area contributed by atoms with E-state index in [4.69, 9.17) is 0 Å². The second-order valence-electron chi connectivity index (χ2n) is 6.05. The molecule has 3 rings (SSSR count). The zero-order chi connectivity index (χ0) is 16.4. The van der Waals surface area contributed by atoms with Crippen molar-refractivity contribution in [3.8, 4) is 0 Å². The van der Waals surface area contributed by atoms with Crippen molar-refractivity contribution in [3.63, 3.8) is 0 Å². The largest absolute Gasteiger partial charge is 0.356 e. The van der Waals surface area contributed by atoms with Crippen molar-refractivity contribution < 1.29 is 9.18 Å². The second kappa shape index (κ2) is 6.44. The molecule has 0 aliphatic carbocycles. The van der Waals surface area contributed by atoms with Crippen molar-refractivity contribution in [3.05, 3.63) is 53.2 Å². The van der Waals surface area contributed by atoms with E-state index in [-0.39, 0.29) is 17.5 Å². The lowest BCUT2D eigenvalue weighted by Gasteiger charge is -2.32. The predicted molar refractivity (Wildman–Crippen MR) is 87.2 cm³/mol. The Bertz CT molecular complexity index is 686. The molecule has 1 fully saturated rings. The molecule has 0 atom stereocenters. The number of hydrogen-bond acceptors (Lipinski definition) is 4. The molecule has 2 aromatic rings. The summed E-state index contributed by atoms with van der Waals surface area (Å²) in [6, 6.07) is 7.81. The number of nitrogens with zero attached hydrogens (tertiary/aromatic N) is 3. The Hall–Kier alpha value is -2.30. The van der Waals surface area contributed by atoms with Crippen LogP contribution in [0.1, 0.15) is 34.7 Å². The Labute approximate surface area is 135 Å². The number of aryl methyl sites for hydroxylation is 2. The number of aromatic nitrogens is 2. The van der Waals surface area contributed by atoms with Crippen LogP contribution in [0.2, 0.25) is 0 Å². The number of halogens is 1. The number of hydrogen-bond donors (Lipinski definition) is 0. The average Bonchev–Trinajstić information content (AvgIpc) is 2.54. The molecule has 0 spiro atoms. The van der Waals surface area contributed by atoms with Crippen LogP contribution < -0.4 is 4.90 Å². The number of carbonyl (C=O) groups is 1. The summed E-state index contributed by atoms with van der Waals surface area (Å²) in [5.41, 5.74) is 1.55. The summed E-state index contributed by atoms with van der Waals surface area (Å²) < 4.78 is 13.0. The Morgan fingerprint density at radius 3 is 2.39 bits per heavy atom. The monoisotopic (exact) mass is 313 g/mol. The SMILES string of the molecule is Cc1cc(N2CCC(C(=O)c3ccc(F)cc3)CC2)nc(C)n1. The number of carbonyl (C=O) groups excluding carboxylic acids is 1. The van der Waals surface area contributed by atoms with Gasteiger partial charge >= 0.3 is 0 Å². The lowest BCUT2D eigenvalue weighted by molar-refractivity contribution is 0.0900. The van der Waals surface area contributed by atoms with Gasteiger partial charge in [-0.15, -0.1) is 0 Å². The minimum atomic E-state index is -0.314. The van der Waals surface area contributed by atoms with E-state index in [0.29, 0.717) is 5.56 Å². The van der Waals surface area contributed by atoms with Gasteiger partial charge in [-0.3, -0.25) is 4.79 Å². The number of rotatable bonds is 3. The van der Waals surface area contributed by atoms with Crippen LogP contribution in [0, 0.1) is 25.6 Å². The number of piperidine rings is 1. The van der Waals surface area contributed by atoms with Crippen molar-refractivity contribution in [1.29, 1.82) is 0 Å². The Kier molecular flexibility index (Phi) is 4.37. The number of ketones is 1. The molecule has 23 heavy (non-hydrogen) atoms. The Balaban J connectivity index is 1.66. The van der Waals surface area contributed by atoms with E-state index in [1.807, 2.05) is 19.9 Å². The molecular weight excluding hydrogens is 293 g/mol. The van der Waals surface area contributed by atoms with Crippen LogP contribution in [0.25, 0.3) is 0 Å². The summed E-state index contributed by atoms with van der Waals surface area (Å²) in [5.74, 6) is 1.50. The third-order valence-electron chi connectivity index (χ3n) is 4.27. The average molecular weight is 313 g/mol. The molecule has 0 radical (unpaired) electrons. The van der Waals surface area contributed by atoms with Crippen molar-refractivity contribution in [2.24, 2.45) is 5.92 Å². The highest BCUT2D eigenvalue weighted by Crippen LogP contribution is 2.25. The molecule has 0 unspecified atom stereocenters.